The van der Waals surface area contributed by atoms with E-state index in [9.17, 15) is 0 Å². The second kappa shape index (κ2) is 19.8. The lowest BCUT2D eigenvalue weighted by Gasteiger charge is -1.69. The minimum absolute atomic E-state index is 0. The lowest BCUT2D eigenvalue weighted by atomic mass is 10.4. The van der Waals surface area contributed by atoms with Gasteiger partial charge < -0.3 is 0 Å². The Labute approximate surface area is 124 Å². The monoisotopic (exact) mass is 294 g/mol. The van der Waals surface area contributed by atoms with Crippen LogP contribution in [0.2, 0.25) is 0 Å². The van der Waals surface area contributed by atoms with E-state index in [2.05, 4.69) is 0 Å². The molecule has 0 N–H and O–H groups in total. The summed E-state index contributed by atoms with van der Waals surface area (Å²) in [4.78, 5) is 0. The molecule has 0 heterocycles. The van der Waals surface area contributed by atoms with E-state index in [1.165, 1.54) is 0 Å². The largest absolute Gasteiger partial charge is 0.269 e. The maximum Gasteiger partial charge on any atom is -0.0623 e. The van der Waals surface area contributed by atoms with Crippen LogP contribution in [-0.4, -0.2) is 0 Å². The molecule has 3 aromatic rings. The maximum atomic E-state index is 2.00. The van der Waals surface area contributed by atoms with Crippen LogP contribution in [0.25, 0.3) is 0 Å². The van der Waals surface area contributed by atoms with E-state index in [1.807, 2.05) is 109 Å². The summed E-state index contributed by atoms with van der Waals surface area (Å²) in [6.07, 6.45) is 0. The Hall–Kier alpha value is -2.55. The van der Waals surface area contributed by atoms with Crippen molar-refractivity contribution in [3.8, 4) is 0 Å². The predicted octanol–water partition coefficient (Wildman–Crippen LogP) is 5.52. The molecule has 0 nitrogen and oxygen atoms in total. The normalized spacial score (nSPS) is 6.86. The Morgan fingerprint density at radius 2 is 0.190 bits per heavy atom. The van der Waals surface area contributed by atoms with Crippen molar-refractivity contribution in [3.63, 3.8) is 0 Å². The molecule has 0 unspecified atom stereocenters. The third-order valence-electron chi connectivity index (χ3n) is 2.00. The molecule has 3 rings (SSSR count). The molecule has 3 heteroatoms. The van der Waals surface area contributed by atoms with Gasteiger partial charge in [-0.25, -0.2) is 0 Å². The van der Waals surface area contributed by atoms with Crippen molar-refractivity contribution in [2.75, 3.05) is 0 Å². The first kappa shape index (κ1) is 23.5. The van der Waals surface area contributed by atoms with Gasteiger partial charge in [-0.3, -0.25) is 14.1 Å². The number of rotatable bonds is 0. The first-order valence-electron chi connectivity index (χ1n) is 6.00. The van der Waals surface area contributed by atoms with Crippen molar-refractivity contribution in [2.24, 2.45) is 0 Å². The van der Waals surface area contributed by atoms with E-state index in [-0.39, 0.29) is 14.1 Å². The van der Waals surface area contributed by atoms with Gasteiger partial charge in [0.2, 0.25) is 0 Å². The van der Waals surface area contributed by atoms with Crippen molar-refractivity contribution in [2.45, 2.75) is 0 Å². The molecule has 0 bridgehead atoms. The zero-order valence-corrected chi connectivity index (χ0v) is 11.6. The second-order valence-corrected chi connectivity index (χ2v) is 3.46. The number of hydrogen-bond donors (Lipinski definition) is 0. The zero-order chi connectivity index (χ0) is 12.7. The molecule has 0 saturated carbocycles. The van der Waals surface area contributed by atoms with Crippen LogP contribution in [0.1, 0.15) is 0 Å². The molecule has 0 radical (unpaired) electrons. The van der Waals surface area contributed by atoms with E-state index in [0.717, 1.165) is 0 Å². The topological polar surface area (TPSA) is 0 Å². The summed E-state index contributed by atoms with van der Waals surface area (Å²) < 4.78 is 0. The summed E-state index contributed by atoms with van der Waals surface area (Å²) in [5.41, 5.74) is 0. The lowest BCUT2D eigenvalue weighted by Crippen LogP contribution is -1.47. The van der Waals surface area contributed by atoms with Gasteiger partial charge in [-0.15, -0.1) is 0 Å². The molecule has 0 aliphatic heterocycles. The molecule has 0 saturated heterocycles. The summed E-state index contributed by atoms with van der Waals surface area (Å²) in [5.74, 6) is 0. The van der Waals surface area contributed by atoms with Crippen LogP contribution in [0.4, 0.5) is 14.1 Å². The van der Waals surface area contributed by atoms with Crippen molar-refractivity contribution in [1.29, 1.82) is 0 Å². The van der Waals surface area contributed by atoms with Gasteiger partial charge in [0, 0.05) is 0 Å². The quantitative estimate of drug-likeness (QED) is 0.512. The fourth-order valence-electron chi connectivity index (χ4n) is 1.15. The first-order valence-corrected chi connectivity index (χ1v) is 6.00. The maximum absolute atomic E-state index is 2.00. The molecular formula is C18H21F3. The predicted molar refractivity (Wildman–Crippen MR) is 86.8 cm³/mol. The van der Waals surface area contributed by atoms with Gasteiger partial charge in [-0.1, -0.05) is 109 Å². The van der Waals surface area contributed by atoms with E-state index in [1.54, 1.807) is 0 Å². The molecule has 0 amide bonds. The fourth-order valence-corrected chi connectivity index (χ4v) is 1.15. The van der Waals surface area contributed by atoms with E-state index in [4.69, 9.17) is 0 Å². The molecule has 3 aromatic carbocycles. The third kappa shape index (κ3) is 17.5. The number of halogens is 3. The smallest absolute Gasteiger partial charge is 0.0623 e. The van der Waals surface area contributed by atoms with Crippen molar-refractivity contribution >= 4 is 0 Å². The van der Waals surface area contributed by atoms with Crippen LogP contribution in [0.5, 0.6) is 0 Å². The SMILES string of the molecule is F.F.F.c1ccccc1.c1ccccc1.c1ccccc1. The first-order chi connectivity index (χ1) is 9.00. The summed E-state index contributed by atoms with van der Waals surface area (Å²) in [6, 6.07) is 36.0. The summed E-state index contributed by atoms with van der Waals surface area (Å²) >= 11 is 0. The van der Waals surface area contributed by atoms with Gasteiger partial charge in [-0.2, -0.15) is 0 Å². The van der Waals surface area contributed by atoms with Crippen LogP contribution in [0, 0.1) is 0 Å². The minimum atomic E-state index is 0. The van der Waals surface area contributed by atoms with Gasteiger partial charge in [0.05, 0.1) is 0 Å². The van der Waals surface area contributed by atoms with Gasteiger partial charge in [-0.05, 0) is 0 Å². The molecule has 0 atom stereocenters. The van der Waals surface area contributed by atoms with E-state index < -0.39 is 0 Å². The molecular weight excluding hydrogens is 273 g/mol. The van der Waals surface area contributed by atoms with Crippen LogP contribution in [0.15, 0.2) is 109 Å². The highest BCUT2D eigenvalue weighted by Gasteiger charge is 1.59. The minimum Gasteiger partial charge on any atom is -0.269 e. The Balaban J connectivity index is -0.000000216. The Kier molecular flexibility index (Phi) is 22.2. The zero-order valence-electron chi connectivity index (χ0n) is 11.6. The van der Waals surface area contributed by atoms with E-state index in [0.29, 0.717) is 0 Å². The standard InChI is InChI=1S/3C6H6.3FH/c3*1-2-4-6-5-3-1;;;/h3*1-6H;3*1H. The van der Waals surface area contributed by atoms with Gasteiger partial charge in [0.25, 0.3) is 0 Å². The molecule has 21 heavy (non-hydrogen) atoms. The Morgan fingerprint density at radius 3 is 0.238 bits per heavy atom. The number of hydrogen-bond acceptors (Lipinski definition) is 0. The molecule has 0 spiro atoms. The number of benzene rings is 3. The Morgan fingerprint density at radius 1 is 0.143 bits per heavy atom. The van der Waals surface area contributed by atoms with Crippen LogP contribution in [-0.2, 0) is 0 Å². The summed E-state index contributed by atoms with van der Waals surface area (Å²) in [5, 5.41) is 0. The van der Waals surface area contributed by atoms with Crippen molar-refractivity contribution < 1.29 is 14.1 Å². The third-order valence-corrected chi connectivity index (χ3v) is 2.00. The highest BCUT2D eigenvalue weighted by atomic mass is 19.0. The second-order valence-electron chi connectivity index (χ2n) is 3.46. The summed E-state index contributed by atoms with van der Waals surface area (Å²) in [6.45, 7) is 0. The molecule has 0 aliphatic carbocycles. The van der Waals surface area contributed by atoms with Crippen LogP contribution in [0.3, 0.4) is 0 Å². The average Bonchev–Trinajstić information content (AvgIpc) is 2.54. The van der Waals surface area contributed by atoms with Crippen LogP contribution < -0.4 is 0 Å². The van der Waals surface area contributed by atoms with Gasteiger partial charge >= 0.3 is 0 Å². The molecule has 0 aromatic heterocycles. The molecule has 0 aliphatic rings. The lowest BCUT2D eigenvalue weighted by molar-refractivity contribution is 1.11. The fraction of sp³-hybridized carbons (Fsp3) is 0. The van der Waals surface area contributed by atoms with Gasteiger partial charge in [0.1, 0.15) is 0 Å². The highest BCUT2D eigenvalue weighted by molar-refractivity contribution is 5.00. The summed E-state index contributed by atoms with van der Waals surface area (Å²) in [7, 11) is 0. The van der Waals surface area contributed by atoms with Gasteiger partial charge in [0.15, 0.2) is 0 Å². The highest BCUT2D eigenvalue weighted by Crippen LogP contribution is 1.81. The van der Waals surface area contributed by atoms with Crippen LogP contribution >= 0.6 is 0 Å². The molecule has 0 fully saturated rings. The van der Waals surface area contributed by atoms with Crippen molar-refractivity contribution in [3.05, 3.63) is 109 Å². The van der Waals surface area contributed by atoms with Crippen molar-refractivity contribution in [1.82, 2.24) is 0 Å². The molecule has 114 valence electrons. The average molecular weight is 294 g/mol. The Bertz CT molecular complexity index is 303. The van der Waals surface area contributed by atoms with E-state index >= 15 is 0 Å².